The summed E-state index contributed by atoms with van der Waals surface area (Å²) in [4.78, 5) is -3.99. The van der Waals surface area contributed by atoms with Crippen LogP contribution in [-0.4, -0.2) is 18.2 Å². The van der Waals surface area contributed by atoms with Crippen molar-refractivity contribution < 1.29 is 26.7 Å². The van der Waals surface area contributed by atoms with Crippen LogP contribution in [0.2, 0.25) is 0 Å². The van der Waals surface area contributed by atoms with Gasteiger partial charge in [-0.3, -0.25) is 0 Å². The minimum Gasteiger partial charge on any atom is -0.494 e. The van der Waals surface area contributed by atoms with Gasteiger partial charge in [0, 0.05) is 0 Å². The highest BCUT2D eigenvalue weighted by Crippen LogP contribution is 2.56. The quantitative estimate of drug-likeness (QED) is 0.565. The highest BCUT2D eigenvalue weighted by molar-refractivity contribution is 6.33. The first-order valence-corrected chi connectivity index (χ1v) is 5.85. The van der Waals surface area contributed by atoms with Gasteiger partial charge in [-0.05, 0) is 36.2 Å². The van der Waals surface area contributed by atoms with E-state index in [1.54, 1.807) is 6.92 Å². The summed E-state index contributed by atoms with van der Waals surface area (Å²) in [6, 6.07) is 3.85. The van der Waals surface area contributed by atoms with E-state index in [1.807, 2.05) is 0 Å². The fourth-order valence-corrected chi connectivity index (χ4v) is 1.78. The van der Waals surface area contributed by atoms with Gasteiger partial charge in [0.2, 0.25) is 4.87 Å². The van der Waals surface area contributed by atoms with E-state index in [-0.39, 0.29) is 12.4 Å². The van der Waals surface area contributed by atoms with Crippen LogP contribution in [0.5, 0.6) is 5.75 Å². The van der Waals surface area contributed by atoms with Crippen molar-refractivity contribution in [3.8, 4) is 5.75 Å². The molecule has 0 spiro atoms. The van der Waals surface area contributed by atoms with E-state index in [4.69, 9.17) is 16.3 Å². The predicted octanol–water partition coefficient (Wildman–Crippen LogP) is 4.91. The number of rotatable bonds is 4. The van der Waals surface area contributed by atoms with Crippen molar-refractivity contribution in [2.24, 2.45) is 0 Å². The zero-order valence-corrected chi connectivity index (χ0v) is 11.1. The van der Waals surface area contributed by atoms with Crippen LogP contribution in [0.4, 0.5) is 22.0 Å². The van der Waals surface area contributed by atoms with E-state index < -0.39 is 22.0 Å². The normalized spacial score (nSPS) is 16.0. The maximum atomic E-state index is 13.1. The van der Waals surface area contributed by atoms with Gasteiger partial charge in [-0.2, -0.15) is 22.0 Å². The minimum absolute atomic E-state index is 0.241. The highest BCUT2D eigenvalue weighted by atomic mass is 35.5. The third-order valence-electron chi connectivity index (χ3n) is 2.34. The van der Waals surface area contributed by atoms with Gasteiger partial charge in [-0.25, -0.2) is 0 Å². The second-order valence-corrected chi connectivity index (χ2v) is 4.65. The van der Waals surface area contributed by atoms with Gasteiger partial charge in [0.1, 0.15) is 5.75 Å². The molecule has 1 atom stereocenters. The molecule has 0 fully saturated rings. The van der Waals surface area contributed by atoms with Gasteiger partial charge in [-0.1, -0.05) is 23.7 Å². The molecule has 0 saturated carbocycles. The monoisotopic (exact) mass is 322 g/mol. The molecule has 19 heavy (non-hydrogen) atoms. The molecule has 1 nitrogen and oxygen atoms in total. The topological polar surface area (TPSA) is 9.23 Å². The standard InChI is InChI=1S/C11H9Cl2F5O/c1-2-19-8-5-3-7(4-6-8)9(12,10(13,14)15)11(16,17)18/h3-6H,2H2,1H3. The van der Waals surface area contributed by atoms with E-state index >= 15 is 0 Å². The van der Waals surface area contributed by atoms with Crippen LogP contribution < -0.4 is 4.74 Å². The van der Waals surface area contributed by atoms with Crippen molar-refractivity contribution >= 4 is 23.2 Å². The second-order valence-electron chi connectivity index (χ2n) is 3.61. The van der Waals surface area contributed by atoms with Gasteiger partial charge in [0.05, 0.1) is 6.61 Å². The lowest BCUT2D eigenvalue weighted by molar-refractivity contribution is -0.205. The Balaban J connectivity index is 3.28. The van der Waals surface area contributed by atoms with Crippen molar-refractivity contribution in [2.45, 2.75) is 23.4 Å². The lowest BCUT2D eigenvalue weighted by atomic mass is 9.97. The summed E-state index contributed by atoms with van der Waals surface area (Å²) in [5.74, 6) is 0.241. The Kier molecular flexibility index (Phi) is 4.57. The Bertz CT molecular complexity index is 410. The van der Waals surface area contributed by atoms with Crippen molar-refractivity contribution in [3.05, 3.63) is 29.8 Å². The number of hydrogen-bond donors (Lipinski definition) is 0. The summed E-state index contributed by atoms with van der Waals surface area (Å²) in [6.45, 7) is 1.96. The van der Waals surface area contributed by atoms with E-state index in [0.717, 1.165) is 24.3 Å². The molecule has 0 aliphatic rings. The number of ether oxygens (including phenoxy) is 1. The lowest BCUT2D eigenvalue weighted by Crippen LogP contribution is -2.48. The zero-order chi connectivity index (χ0) is 14.9. The smallest absolute Gasteiger partial charge is 0.418 e. The molecule has 0 aliphatic carbocycles. The maximum absolute atomic E-state index is 13.1. The van der Waals surface area contributed by atoms with Crippen LogP contribution in [0.1, 0.15) is 12.5 Å². The third kappa shape index (κ3) is 3.05. The molecule has 0 aromatic heterocycles. The van der Waals surface area contributed by atoms with Crippen LogP contribution >= 0.6 is 23.2 Å². The Morgan fingerprint density at radius 3 is 1.79 bits per heavy atom. The Labute approximate surface area is 116 Å². The molecule has 108 valence electrons. The van der Waals surface area contributed by atoms with Crippen molar-refractivity contribution in [2.75, 3.05) is 6.61 Å². The number of alkyl halides is 7. The molecular weight excluding hydrogens is 314 g/mol. The number of benzene rings is 1. The first-order valence-electron chi connectivity index (χ1n) is 5.09. The fraction of sp³-hybridized carbons (Fsp3) is 0.455. The number of hydrogen-bond acceptors (Lipinski definition) is 1. The first kappa shape index (κ1) is 16.3. The van der Waals surface area contributed by atoms with Crippen LogP contribution in [0, 0.1) is 0 Å². The SMILES string of the molecule is CCOc1ccc(C(Cl)(C(F)(F)F)C(F)(F)Cl)cc1. The van der Waals surface area contributed by atoms with E-state index in [0.29, 0.717) is 0 Å². The summed E-state index contributed by atoms with van der Waals surface area (Å²) < 4.78 is 69.6. The molecule has 1 rings (SSSR count). The minimum atomic E-state index is -5.42. The van der Waals surface area contributed by atoms with E-state index in [1.165, 1.54) is 0 Å². The van der Waals surface area contributed by atoms with Gasteiger partial charge in [0.15, 0.2) is 0 Å². The van der Waals surface area contributed by atoms with Crippen LogP contribution in [0.3, 0.4) is 0 Å². The van der Waals surface area contributed by atoms with Crippen molar-refractivity contribution in [1.82, 2.24) is 0 Å². The molecule has 1 aromatic rings. The molecule has 1 aromatic carbocycles. The largest absolute Gasteiger partial charge is 0.494 e. The van der Waals surface area contributed by atoms with Crippen molar-refractivity contribution in [1.29, 1.82) is 0 Å². The Morgan fingerprint density at radius 1 is 1.00 bits per heavy atom. The molecule has 0 amide bonds. The van der Waals surface area contributed by atoms with Crippen molar-refractivity contribution in [3.63, 3.8) is 0 Å². The summed E-state index contributed by atoms with van der Waals surface area (Å²) in [5.41, 5.74) is -0.856. The highest BCUT2D eigenvalue weighted by Gasteiger charge is 2.69. The predicted molar refractivity (Wildman–Crippen MR) is 62.0 cm³/mol. The summed E-state index contributed by atoms with van der Waals surface area (Å²) in [5, 5.41) is -4.69. The molecule has 0 saturated heterocycles. The van der Waals surface area contributed by atoms with Gasteiger partial charge >= 0.3 is 11.6 Å². The Hall–Kier alpha value is -0.750. The molecule has 1 unspecified atom stereocenters. The summed E-state index contributed by atoms with van der Waals surface area (Å²) in [6.07, 6.45) is -5.42. The lowest BCUT2D eigenvalue weighted by Gasteiger charge is -2.33. The molecular formula is C11H9Cl2F5O. The summed E-state index contributed by atoms with van der Waals surface area (Å²) in [7, 11) is 0. The van der Waals surface area contributed by atoms with Gasteiger partial charge in [-0.15, -0.1) is 0 Å². The van der Waals surface area contributed by atoms with Gasteiger partial charge in [0.25, 0.3) is 0 Å². The molecule has 8 heteroatoms. The van der Waals surface area contributed by atoms with Gasteiger partial charge < -0.3 is 4.74 Å². The fourth-order valence-electron chi connectivity index (χ4n) is 1.44. The Morgan fingerprint density at radius 2 is 1.47 bits per heavy atom. The number of halogens is 7. The van der Waals surface area contributed by atoms with E-state index in [2.05, 4.69) is 11.6 Å². The van der Waals surface area contributed by atoms with Crippen LogP contribution in [0.15, 0.2) is 24.3 Å². The van der Waals surface area contributed by atoms with E-state index in [9.17, 15) is 22.0 Å². The molecule has 0 bridgehead atoms. The first-order chi connectivity index (χ1) is 8.54. The van der Waals surface area contributed by atoms with Crippen LogP contribution in [0.25, 0.3) is 0 Å². The zero-order valence-electron chi connectivity index (χ0n) is 9.57. The third-order valence-corrected chi connectivity index (χ3v) is 3.39. The molecule has 0 radical (unpaired) electrons. The molecule has 0 aliphatic heterocycles. The average Bonchev–Trinajstić information content (AvgIpc) is 2.26. The second kappa shape index (κ2) is 5.32. The maximum Gasteiger partial charge on any atom is 0.418 e. The van der Waals surface area contributed by atoms with Crippen LogP contribution in [-0.2, 0) is 4.87 Å². The molecule has 0 heterocycles. The summed E-state index contributed by atoms with van der Waals surface area (Å²) >= 11 is 9.64. The average molecular weight is 323 g/mol. The molecule has 0 N–H and O–H groups in total.